The van der Waals surface area contributed by atoms with Gasteiger partial charge in [-0.3, -0.25) is 0 Å². The van der Waals surface area contributed by atoms with Crippen molar-refractivity contribution >= 4 is 68.2 Å². The normalized spacial score (nSPS) is 11.5. The molecular weight excluding hydrogens is 1090 g/mol. The van der Waals surface area contributed by atoms with Crippen molar-refractivity contribution in [3.63, 3.8) is 0 Å². The fraction of sp³-hybridized carbons (Fsp3) is 0.163. The van der Waals surface area contributed by atoms with Crippen molar-refractivity contribution in [2.75, 3.05) is 19.6 Å². The molecule has 0 saturated heterocycles. The predicted octanol–water partition coefficient (Wildman–Crippen LogP) is 24.7. The van der Waals surface area contributed by atoms with Crippen LogP contribution in [-0.4, -0.2) is 0 Å². The van der Waals surface area contributed by atoms with E-state index in [0.717, 1.165) is 105 Å². The Morgan fingerprint density at radius 2 is 0.367 bits per heavy atom. The topological polar surface area (TPSA) is 13.0 Å². The highest BCUT2D eigenvalue weighted by molar-refractivity contribution is 5.83. The highest BCUT2D eigenvalue weighted by Gasteiger charge is 2.36. The summed E-state index contributed by atoms with van der Waals surface area (Å²) in [4.78, 5) is 9.50. The van der Waals surface area contributed by atoms with Gasteiger partial charge in [-0.25, -0.2) is 0 Å². The smallest absolute Gasteiger partial charge is 0.0464 e. The minimum absolute atomic E-state index is 0.174. The molecule has 0 aliphatic heterocycles. The molecule has 4 heteroatoms. The second-order valence-electron chi connectivity index (χ2n) is 24.0. The number of nitrogens with zero attached hydrogens (tertiary/aromatic N) is 4. The Morgan fingerprint density at radius 3 is 0.533 bits per heavy atom. The van der Waals surface area contributed by atoms with Crippen LogP contribution in [0, 0.1) is 27.7 Å². The van der Waals surface area contributed by atoms with Crippen molar-refractivity contribution in [3.05, 3.63) is 348 Å². The number of hydrogen-bond acceptors (Lipinski definition) is 4. The van der Waals surface area contributed by atoms with Crippen LogP contribution in [0.1, 0.15) is 97.9 Å². The lowest BCUT2D eigenvalue weighted by molar-refractivity contribution is 0.473. The molecular formula is C86H82N4. The zero-order valence-corrected chi connectivity index (χ0v) is 53.5. The van der Waals surface area contributed by atoms with E-state index in [0.29, 0.717) is 0 Å². The minimum atomic E-state index is -0.174. The number of anilines is 12. The third-order valence-corrected chi connectivity index (χ3v) is 19.0. The third kappa shape index (κ3) is 11.7. The molecule has 0 bridgehead atoms. The molecule has 0 amide bonds. The zero-order valence-electron chi connectivity index (χ0n) is 53.5. The lowest BCUT2D eigenvalue weighted by Gasteiger charge is -2.37. The van der Waals surface area contributed by atoms with E-state index in [1.54, 1.807) is 0 Å². The fourth-order valence-corrected chi connectivity index (χ4v) is 14.5. The SMILES string of the molecule is CCC(CC)(c1ccc(N(c2ccccc2)c2ccccc2)cc1C)c1ccc(N(c2ccccc2)c2ccc(-c3ccc(N(c4ccccc4)c4ccc(C(CC)(CC)c5ccc(N(c6ccccc6)c6ccccc6)cc5C)c(C)c4)cc3)cc2)cc1C. The van der Waals surface area contributed by atoms with Gasteiger partial charge in [-0.1, -0.05) is 185 Å². The second kappa shape index (κ2) is 26.7. The minimum Gasteiger partial charge on any atom is -0.310 e. The number of benzene rings is 12. The fourth-order valence-electron chi connectivity index (χ4n) is 14.5. The maximum atomic E-state index is 2.41. The number of hydrogen-bond donors (Lipinski definition) is 0. The molecule has 0 unspecified atom stereocenters. The summed E-state index contributed by atoms with van der Waals surface area (Å²) in [6.45, 7) is 18.6. The second-order valence-corrected chi connectivity index (χ2v) is 24.0. The van der Waals surface area contributed by atoms with Gasteiger partial charge in [0, 0.05) is 79.1 Å². The van der Waals surface area contributed by atoms with Crippen LogP contribution in [0.15, 0.2) is 303 Å². The van der Waals surface area contributed by atoms with Gasteiger partial charge >= 0.3 is 0 Å². The summed E-state index contributed by atoms with van der Waals surface area (Å²) in [5.41, 5.74) is 26.2. The van der Waals surface area contributed by atoms with Crippen LogP contribution in [-0.2, 0) is 10.8 Å². The van der Waals surface area contributed by atoms with Crippen LogP contribution in [0.2, 0.25) is 0 Å². The van der Waals surface area contributed by atoms with Crippen molar-refractivity contribution in [1.29, 1.82) is 0 Å². The summed E-state index contributed by atoms with van der Waals surface area (Å²) >= 11 is 0. The van der Waals surface area contributed by atoms with E-state index in [-0.39, 0.29) is 10.8 Å². The Hall–Kier alpha value is -10.2. The van der Waals surface area contributed by atoms with Gasteiger partial charge in [0.05, 0.1) is 0 Å². The average molecular weight is 1170 g/mol. The molecule has 0 aliphatic carbocycles. The summed E-state index contributed by atoms with van der Waals surface area (Å²) in [5, 5.41) is 0. The van der Waals surface area contributed by atoms with E-state index in [4.69, 9.17) is 0 Å². The van der Waals surface area contributed by atoms with Crippen LogP contribution in [0.25, 0.3) is 11.1 Å². The summed E-state index contributed by atoms with van der Waals surface area (Å²) in [6, 6.07) is 111. The van der Waals surface area contributed by atoms with Gasteiger partial charge in [-0.15, -0.1) is 0 Å². The molecule has 0 N–H and O–H groups in total. The Bertz CT molecular complexity index is 3950. The molecule has 4 nitrogen and oxygen atoms in total. The Balaban J connectivity index is 0.821. The van der Waals surface area contributed by atoms with Crippen LogP contribution in [0.5, 0.6) is 0 Å². The van der Waals surface area contributed by atoms with Gasteiger partial charge in [0.15, 0.2) is 0 Å². The van der Waals surface area contributed by atoms with Crippen molar-refractivity contribution in [2.24, 2.45) is 0 Å². The van der Waals surface area contributed by atoms with Crippen molar-refractivity contribution < 1.29 is 0 Å². The molecule has 0 radical (unpaired) electrons. The molecule has 0 aliphatic rings. The van der Waals surface area contributed by atoms with Gasteiger partial charge in [0.1, 0.15) is 0 Å². The summed E-state index contributed by atoms with van der Waals surface area (Å²) in [6.07, 6.45) is 3.92. The molecule has 0 heterocycles. The van der Waals surface area contributed by atoms with Crippen LogP contribution in [0.4, 0.5) is 68.2 Å². The van der Waals surface area contributed by atoms with Gasteiger partial charge in [0.2, 0.25) is 0 Å². The van der Waals surface area contributed by atoms with E-state index in [1.807, 2.05) is 0 Å². The quantitative estimate of drug-likeness (QED) is 0.0711. The molecule has 12 rings (SSSR count). The largest absolute Gasteiger partial charge is 0.310 e. The van der Waals surface area contributed by atoms with Gasteiger partial charge in [-0.05, 0) is 255 Å². The Labute approximate surface area is 535 Å². The van der Waals surface area contributed by atoms with Gasteiger partial charge < -0.3 is 19.6 Å². The highest BCUT2D eigenvalue weighted by atomic mass is 15.2. The first-order valence-electron chi connectivity index (χ1n) is 32.2. The summed E-state index contributed by atoms with van der Waals surface area (Å²) in [5.74, 6) is 0. The van der Waals surface area contributed by atoms with E-state index >= 15 is 0 Å². The molecule has 0 saturated carbocycles. The molecule has 446 valence electrons. The first-order chi connectivity index (χ1) is 44.1. The molecule has 0 fully saturated rings. The summed E-state index contributed by atoms with van der Waals surface area (Å²) in [7, 11) is 0. The first-order valence-corrected chi connectivity index (χ1v) is 32.2. The third-order valence-electron chi connectivity index (χ3n) is 19.0. The Morgan fingerprint density at radius 1 is 0.200 bits per heavy atom. The monoisotopic (exact) mass is 1170 g/mol. The first kappa shape index (κ1) is 60.1. The van der Waals surface area contributed by atoms with E-state index in [1.165, 1.54) is 44.5 Å². The molecule has 12 aromatic rings. The molecule has 12 aromatic carbocycles. The Kier molecular flexibility index (Phi) is 17.8. The van der Waals surface area contributed by atoms with Crippen LogP contribution >= 0.6 is 0 Å². The predicted molar refractivity (Wildman–Crippen MR) is 385 cm³/mol. The van der Waals surface area contributed by atoms with Gasteiger partial charge in [-0.2, -0.15) is 0 Å². The molecule has 0 aromatic heterocycles. The van der Waals surface area contributed by atoms with E-state index in [2.05, 4.69) is 378 Å². The molecule has 0 atom stereocenters. The average Bonchev–Trinajstić information content (AvgIpc) is 1.17. The lowest BCUT2D eigenvalue weighted by Crippen LogP contribution is -2.28. The standard InChI is InChI=1S/C86H82N4/c1-9-85(10-2,81-55-51-77(59-63(81)5)87(69-31-19-13-20-32-69)70-33-21-14-22-34-70)83-57-53-79(61-65(83)7)89(73-39-27-17-28-40-73)75-47-43-67(44-48-75)68-45-49-76(50-46-68)90(74-41-29-18-30-42-74)80-54-58-84(66(8)62-80)86(11-3,12-4)82-56-52-78(60-64(82)6)88(71-35-23-15-24-36-71)72-37-25-16-26-38-72/h13-62H,9-12H2,1-8H3. The van der Waals surface area contributed by atoms with Crippen molar-refractivity contribution in [1.82, 2.24) is 0 Å². The summed E-state index contributed by atoms with van der Waals surface area (Å²) < 4.78 is 0. The highest BCUT2D eigenvalue weighted by Crippen LogP contribution is 2.49. The molecule has 0 spiro atoms. The maximum Gasteiger partial charge on any atom is 0.0464 e. The lowest BCUT2D eigenvalue weighted by atomic mass is 9.68. The zero-order chi connectivity index (χ0) is 62.2. The maximum absolute atomic E-state index is 2.41. The van der Waals surface area contributed by atoms with E-state index in [9.17, 15) is 0 Å². The number of aryl methyl sites for hydroxylation is 4. The van der Waals surface area contributed by atoms with Crippen LogP contribution in [0.3, 0.4) is 0 Å². The number of rotatable bonds is 21. The van der Waals surface area contributed by atoms with Crippen molar-refractivity contribution in [2.45, 2.75) is 91.9 Å². The van der Waals surface area contributed by atoms with Gasteiger partial charge in [0.25, 0.3) is 0 Å². The molecule has 90 heavy (non-hydrogen) atoms. The number of para-hydroxylation sites is 6. The van der Waals surface area contributed by atoms with E-state index < -0.39 is 0 Å². The van der Waals surface area contributed by atoms with Crippen LogP contribution < -0.4 is 19.6 Å². The van der Waals surface area contributed by atoms with Crippen molar-refractivity contribution in [3.8, 4) is 11.1 Å².